The van der Waals surface area contributed by atoms with Crippen LogP contribution in [0.3, 0.4) is 0 Å². The summed E-state index contributed by atoms with van der Waals surface area (Å²) in [6.07, 6.45) is 15.9. The number of aryl methyl sites for hydroxylation is 4. The minimum absolute atomic E-state index is 1.22. The van der Waals surface area contributed by atoms with Crippen LogP contribution in [0.2, 0.25) is 0 Å². The lowest BCUT2D eigenvalue weighted by molar-refractivity contribution is 0.633. The summed E-state index contributed by atoms with van der Waals surface area (Å²) < 4.78 is 0. The summed E-state index contributed by atoms with van der Waals surface area (Å²) in [4.78, 5) is 11.6. The van der Waals surface area contributed by atoms with E-state index in [4.69, 9.17) is 0 Å². The summed E-state index contributed by atoms with van der Waals surface area (Å²) in [6, 6.07) is 14.3. The van der Waals surface area contributed by atoms with Crippen molar-refractivity contribution in [2.75, 3.05) is 0 Å². The third-order valence-electron chi connectivity index (χ3n) is 6.87. The Morgan fingerprint density at radius 1 is 0.472 bits per heavy atom. The lowest BCUT2D eigenvalue weighted by atomic mass is 10.1. The highest BCUT2D eigenvalue weighted by Crippen LogP contribution is 2.45. The molecule has 4 heteroatoms. The number of unbranched alkanes of at least 4 members (excludes halogenated alkanes) is 8. The molecular formula is C32H42S4. The average Bonchev–Trinajstić information content (AvgIpc) is 3.65. The van der Waals surface area contributed by atoms with Gasteiger partial charge in [0.25, 0.3) is 0 Å². The Hall–Kier alpha value is -1.20. The Bertz CT molecular complexity index is 1100. The topological polar surface area (TPSA) is 0 Å². The zero-order valence-corrected chi connectivity index (χ0v) is 25.8. The number of thiophene rings is 4. The van der Waals surface area contributed by atoms with Gasteiger partial charge in [0, 0.05) is 39.0 Å². The molecule has 36 heavy (non-hydrogen) atoms. The van der Waals surface area contributed by atoms with Gasteiger partial charge in [0.05, 0.1) is 0 Å². The highest BCUT2D eigenvalue weighted by molar-refractivity contribution is 7.28. The van der Waals surface area contributed by atoms with Gasteiger partial charge in [0.15, 0.2) is 0 Å². The number of hydrogen-bond donors (Lipinski definition) is 0. The molecule has 0 fully saturated rings. The zero-order valence-electron chi connectivity index (χ0n) is 22.6. The Kier molecular flexibility index (Phi) is 10.9. The van der Waals surface area contributed by atoms with Crippen molar-refractivity contribution in [1.82, 2.24) is 0 Å². The normalized spacial score (nSPS) is 11.6. The first kappa shape index (κ1) is 27.8. The highest BCUT2D eigenvalue weighted by Gasteiger charge is 2.16. The first-order chi connectivity index (χ1) is 17.6. The van der Waals surface area contributed by atoms with Gasteiger partial charge < -0.3 is 0 Å². The van der Waals surface area contributed by atoms with Crippen LogP contribution in [0.25, 0.3) is 29.3 Å². The molecule has 0 aromatic carbocycles. The summed E-state index contributed by atoms with van der Waals surface area (Å²) >= 11 is 7.91. The molecule has 0 saturated carbocycles. The monoisotopic (exact) mass is 554 g/mol. The van der Waals surface area contributed by atoms with Crippen molar-refractivity contribution in [3.8, 4) is 29.3 Å². The maximum Gasteiger partial charge on any atom is 0.0477 e. The van der Waals surface area contributed by atoms with Crippen LogP contribution in [-0.4, -0.2) is 0 Å². The molecule has 0 radical (unpaired) electrons. The lowest BCUT2D eigenvalue weighted by Gasteiger charge is -2.03. The predicted molar refractivity (Wildman–Crippen MR) is 169 cm³/mol. The molecule has 0 unspecified atom stereocenters. The van der Waals surface area contributed by atoms with E-state index in [0.29, 0.717) is 0 Å². The largest absolute Gasteiger partial charge is 0.139 e. The van der Waals surface area contributed by atoms with Crippen molar-refractivity contribution >= 4 is 45.3 Å². The van der Waals surface area contributed by atoms with Crippen molar-refractivity contribution < 1.29 is 0 Å². The van der Waals surface area contributed by atoms with Gasteiger partial charge in [-0.1, -0.05) is 65.2 Å². The summed E-state index contributed by atoms with van der Waals surface area (Å²) in [5.41, 5.74) is 3.12. The molecule has 4 heterocycles. The smallest absolute Gasteiger partial charge is 0.0477 e. The highest BCUT2D eigenvalue weighted by atomic mass is 32.1. The second-order valence-corrected chi connectivity index (χ2v) is 14.8. The Labute approximate surface area is 235 Å². The molecule has 0 aliphatic rings. The summed E-state index contributed by atoms with van der Waals surface area (Å²) in [6.45, 7) is 9.11. The third kappa shape index (κ3) is 7.43. The van der Waals surface area contributed by atoms with Crippen LogP contribution < -0.4 is 0 Å². The molecule has 0 N–H and O–H groups in total. The minimum atomic E-state index is 1.22. The van der Waals surface area contributed by atoms with Crippen molar-refractivity contribution in [3.05, 3.63) is 57.3 Å². The molecule has 0 aliphatic carbocycles. The van der Waals surface area contributed by atoms with Crippen LogP contribution in [0.5, 0.6) is 0 Å². The molecule has 0 aliphatic heterocycles. The van der Waals surface area contributed by atoms with Gasteiger partial charge in [-0.05, 0) is 87.1 Å². The van der Waals surface area contributed by atoms with Crippen molar-refractivity contribution in [1.29, 1.82) is 0 Å². The van der Waals surface area contributed by atoms with E-state index in [-0.39, 0.29) is 0 Å². The molecule has 4 aromatic rings. The molecule has 0 spiro atoms. The third-order valence-corrected chi connectivity index (χ3v) is 11.8. The maximum absolute atomic E-state index is 2.44. The molecule has 0 nitrogen and oxygen atoms in total. The summed E-state index contributed by atoms with van der Waals surface area (Å²) in [7, 11) is 0. The number of rotatable bonds is 15. The van der Waals surface area contributed by atoms with E-state index in [1.165, 1.54) is 116 Å². The maximum atomic E-state index is 2.44. The lowest BCUT2D eigenvalue weighted by Crippen LogP contribution is -1.85. The van der Waals surface area contributed by atoms with Gasteiger partial charge in [-0.3, -0.25) is 0 Å². The van der Waals surface area contributed by atoms with E-state index >= 15 is 0 Å². The van der Waals surface area contributed by atoms with Crippen LogP contribution in [0.15, 0.2) is 36.4 Å². The van der Waals surface area contributed by atoms with Crippen LogP contribution in [0, 0.1) is 13.8 Å². The molecule has 0 saturated heterocycles. The molecule has 0 amide bonds. The molecule has 194 valence electrons. The van der Waals surface area contributed by atoms with E-state index in [1.54, 1.807) is 11.1 Å². The second kappa shape index (κ2) is 14.1. The first-order valence-corrected chi connectivity index (χ1v) is 17.2. The zero-order chi connectivity index (χ0) is 25.3. The summed E-state index contributed by atoms with van der Waals surface area (Å²) in [5, 5.41) is 0. The fraction of sp³-hybridized carbons (Fsp3) is 0.500. The van der Waals surface area contributed by atoms with Crippen LogP contribution >= 0.6 is 45.3 Å². The molecule has 0 atom stereocenters. The second-order valence-electron chi connectivity index (χ2n) is 10.1. The molecule has 4 aromatic heterocycles. The van der Waals surface area contributed by atoms with E-state index in [2.05, 4.69) is 64.1 Å². The van der Waals surface area contributed by atoms with E-state index in [9.17, 15) is 0 Å². The average molecular weight is 555 g/mol. The van der Waals surface area contributed by atoms with Gasteiger partial charge in [0.2, 0.25) is 0 Å². The molecular weight excluding hydrogens is 513 g/mol. The van der Waals surface area contributed by atoms with Gasteiger partial charge in [-0.15, -0.1) is 45.3 Å². The van der Waals surface area contributed by atoms with Crippen LogP contribution in [-0.2, 0) is 12.8 Å². The van der Waals surface area contributed by atoms with Crippen LogP contribution in [0.4, 0.5) is 0 Å². The molecule has 4 rings (SSSR count). The van der Waals surface area contributed by atoms with E-state index in [1.807, 2.05) is 45.3 Å². The standard InChI is InChI=1S/C32H42S4/c1-5-7-9-11-13-15-25-21-23(3)33-31(25)29-19-17-27(35-29)28-18-20-30(36-28)32-26(22-24(4)34-32)16-14-12-10-8-6-2/h17-22H,5-16H2,1-4H3. The van der Waals surface area contributed by atoms with Gasteiger partial charge in [-0.25, -0.2) is 0 Å². The summed E-state index contributed by atoms with van der Waals surface area (Å²) in [5.74, 6) is 0. The van der Waals surface area contributed by atoms with Gasteiger partial charge >= 0.3 is 0 Å². The minimum Gasteiger partial charge on any atom is -0.139 e. The fourth-order valence-corrected chi connectivity index (χ4v) is 9.47. The van der Waals surface area contributed by atoms with Crippen molar-refractivity contribution in [2.45, 2.75) is 105 Å². The van der Waals surface area contributed by atoms with Gasteiger partial charge in [0.1, 0.15) is 0 Å². The first-order valence-electron chi connectivity index (χ1n) is 14.0. The SMILES string of the molecule is CCCCCCCc1cc(C)sc1-c1ccc(-c2ccc(-c3sc(C)cc3CCCCCCC)s2)s1. The van der Waals surface area contributed by atoms with E-state index in [0.717, 1.165) is 0 Å². The van der Waals surface area contributed by atoms with Crippen molar-refractivity contribution in [3.63, 3.8) is 0 Å². The van der Waals surface area contributed by atoms with Gasteiger partial charge in [-0.2, -0.15) is 0 Å². The number of hydrogen-bond acceptors (Lipinski definition) is 4. The Balaban J connectivity index is 1.45. The molecule has 0 bridgehead atoms. The quantitative estimate of drug-likeness (QED) is 0.128. The fourth-order valence-electron chi connectivity index (χ4n) is 4.94. The Morgan fingerprint density at radius 3 is 1.28 bits per heavy atom. The van der Waals surface area contributed by atoms with Crippen LogP contribution in [0.1, 0.15) is 98.9 Å². The van der Waals surface area contributed by atoms with E-state index < -0.39 is 0 Å². The van der Waals surface area contributed by atoms with Crippen molar-refractivity contribution in [2.24, 2.45) is 0 Å². The Morgan fingerprint density at radius 2 is 0.861 bits per heavy atom. The predicted octanol–water partition coefficient (Wildman–Crippen LogP) is 12.6.